The molecule has 0 aliphatic heterocycles. The van der Waals surface area contributed by atoms with Crippen molar-refractivity contribution in [2.45, 2.75) is 53.3 Å². The number of nitrogens with one attached hydrogen (secondary N) is 2. The fourth-order valence-corrected chi connectivity index (χ4v) is 2.59. The number of aryl methyl sites for hydroxylation is 1. The molecule has 136 valence electrons. The van der Waals surface area contributed by atoms with E-state index in [4.69, 9.17) is 4.74 Å². The number of nitrogens with zero attached hydrogens (tertiary/aromatic N) is 1. The van der Waals surface area contributed by atoms with Crippen LogP contribution in [0.1, 0.15) is 43.3 Å². The van der Waals surface area contributed by atoms with Crippen molar-refractivity contribution in [2.75, 3.05) is 5.32 Å². The van der Waals surface area contributed by atoms with E-state index in [2.05, 4.69) is 42.2 Å². The van der Waals surface area contributed by atoms with Crippen LogP contribution in [0, 0.1) is 13.8 Å². The van der Waals surface area contributed by atoms with Crippen molar-refractivity contribution >= 4 is 11.8 Å². The molecule has 0 atom stereocenters. The minimum atomic E-state index is -0.487. The van der Waals surface area contributed by atoms with Crippen LogP contribution in [0.25, 0.3) is 0 Å². The summed E-state index contributed by atoms with van der Waals surface area (Å²) < 4.78 is 7.45. The molecular weight excluding hydrogens is 314 g/mol. The van der Waals surface area contributed by atoms with Crippen LogP contribution >= 0.6 is 0 Å². The fourth-order valence-electron chi connectivity index (χ4n) is 2.59. The molecule has 0 aliphatic carbocycles. The Morgan fingerprint density at radius 1 is 1.16 bits per heavy atom. The Balaban J connectivity index is 1.92. The molecular formula is C20H29N3O2. The van der Waals surface area contributed by atoms with Crippen molar-refractivity contribution in [3.63, 3.8) is 0 Å². The van der Waals surface area contributed by atoms with Gasteiger partial charge in [-0.05, 0) is 63.9 Å². The number of hydrogen-bond acceptors (Lipinski definition) is 3. The van der Waals surface area contributed by atoms with Gasteiger partial charge in [0.25, 0.3) is 0 Å². The molecule has 0 bridgehead atoms. The van der Waals surface area contributed by atoms with Crippen LogP contribution in [0.2, 0.25) is 0 Å². The number of rotatable bonds is 5. The van der Waals surface area contributed by atoms with Gasteiger partial charge in [0.05, 0.1) is 0 Å². The highest BCUT2D eigenvalue weighted by atomic mass is 16.6. The van der Waals surface area contributed by atoms with Gasteiger partial charge < -0.3 is 19.9 Å². The first-order valence-electron chi connectivity index (χ1n) is 8.57. The van der Waals surface area contributed by atoms with Crippen molar-refractivity contribution in [3.8, 4) is 0 Å². The van der Waals surface area contributed by atoms with Gasteiger partial charge in [-0.1, -0.05) is 12.1 Å². The Labute approximate surface area is 150 Å². The summed E-state index contributed by atoms with van der Waals surface area (Å²) in [5, 5.41) is 6.24. The Bertz CT molecular complexity index is 742. The maximum atomic E-state index is 11.7. The van der Waals surface area contributed by atoms with Gasteiger partial charge in [-0.2, -0.15) is 0 Å². The number of alkyl carbamates (subject to hydrolysis) is 1. The summed E-state index contributed by atoms with van der Waals surface area (Å²) in [5.41, 5.74) is 5.38. The third-order valence-electron chi connectivity index (χ3n) is 4.13. The lowest BCUT2D eigenvalue weighted by Crippen LogP contribution is -2.32. The standard InChI is InChI=1S/C20H29N3O2/c1-14-10-17(15(2)23(14)6)13-21-18-9-7-8-16(11-18)12-22-19(24)25-20(3,4)5/h7-11,21H,12-13H2,1-6H3,(H,22,24). The van der Waals surface area contributed by atoms with Crippen LogP contribution < -0.4 is 10.6 Å². The van der Waals surface area contributed by atoms with Crippen LogP contribution in [0.4, 0.5) is 10.5 Å². The minimum Gasteiger partial charge on any atom is -0.444 e. The SMILES string of the molecule is Cc1cc(CNc2cccc(CNC(=O)OC(C)(C)C)c2)c(C)n1C. The third kappa shape index (κ3) is 5.55. The molecule has 25 heavy (non-hydrogen) atoms. The zero-order valence-electron chi connectivity index (χ0n) is 16.1. The zero-order valence-corrected chi connectivity index (χ0v) is 16.1. The first kappa shape index (κ1) is 18.9. The Morgan fingerprint density at radius 2 is 1.88 bits per heavy atom. The molecule has 1 aromatic carbocycles. The second-order valence-electron chi connectivity index (χ2n) is 7.36. The van der Waals surface area contributed by atoms with E-state index in [1.54, 1.807) is 0 Å². The van der Waals surface area contributed by atoms with Crippen molar-refractivity contribution in [2.24, 2.45) is 7.05 Å². The topological polar surface area (TPSA) is 55.3 Å². The first-order chi connectivity index (χ1) is 11.7. The van der Waals surface area contributed by atoms with Crippen LogP contribution in [0.15, 0.2) is 30.3 Å². The third-order valence-corrected chi connectivity index (χ3v) is 4.13. The summed E-state index contributed by atoms with van der Waals surface area (Å²) in [6.45, 7) is 11.0. The molecule has 0 unspecified atom stereocenters. The summed E-state index contributed by atoms with van der Waals surface area (Å²) in [4.78, 5) is 11.7. The van der Waals surface area contributed by atoms with E-state index in [0.717, 1.165) is 17.8 Å². The molecule has 5 nitrogen and oxygen atoms in total. The second kappa shape index (κ2) is 7.64. The summed E-state index contributed by atoms with van der Waals surface area (Å²) in [7, 11) is 2.08. The van der Waals surface area contributed by atoms with Crippen molar-refractivity contribution < 1.29 is 9.53 Å². The molecule has 0 saturated heterocycles. The summed E-state index contributed by atoms with van der Waals surface area (Å²) in [6, 6.07) is 10.2. The zero-order chi connectivity index (χ0) is 18.6. The Morgan fingerprint density at radius 3 is 2.48 bits per heavy atom. The highest BCUT2D eigenvalue weighted by Crippen LogP contribution is 2.17. The molecule has 2 aromatic rings. The predicted octanol–water partition coefficient (Wildman–Crippen LogP) is 4.28. The Hall–Kier alpha value is -2.43. The van der Waals surface area contributed by atoms with E-state index < -0.39 is 11.7 Å². The lowest BCUT2D eigenvalue weighted by molar-refractivity contribution is 0.0523. The van der Waals surface area contributed by atoms with E-state index in [1.165, 1.54) is 17.0 Å². The molecule has 0 spiro atoms. The van der Waals surface area contributed by atoms with Gasteiger partial charge in [0.1, 0.15) is 5.60 Å². The molecule has 0 radical (unpaired) electrons. The molecule has 2 rings (SSSR count). The highest BCUT2D eigenvalue weighted by molar-refractivity contribution is 5.67. The van der Waals surface area contributed by atoms with Crippen LogP contribution in [0.5, 0.6) is 0 Å². The highest BCUT2D eigenvalue weighted by Gasteiger charge is 2.15. The fraction of sp³-hybridized carbons (Fsp3) is 0.450. The lowest BCUT2D eigenvalue weighted by Gasteiger charge is -2.19. The first-order valence-corrected chi connectivity index (χ1v) is 8.57. The molecule has 0 saturated carbocycles. The molecule has 1 heterocycles. The average Bonchev–Trinajstić information content (AvgIpc) is 2.77. The largest absolute Gasteiger partial charge is 0.444 e. The minimum absolute atomic E-state index is 0.402. The molecule has 5 heteroatoms. The smallest absolute Gasteiger partial charge is 0.407 e. The summed E-state index contributed by atoms with van der Waals surface area (Å²) in [5.74, 6) is 0. The number of benzene rings is 1. The second-order valence-corrected chi connectivity index (χ2v) is 7.36. The van der Waals surface area contributed by atoms with Gasteiger partial charge in [0.2, 0.25) is 0 Å². The maximum absolute atomic E-state index is 11.7. The van der Waals surface area contributed by atoms with E-state index in [9.17, 15) is 4.79 Å². The number of aromatic nitrogens is 1. The maximum Gasteiger partial charge on any atom is 0.407 e. The van der Waals surface area contributed by atoms with Crippen LogP contribution in [0.3, 0.4) is 0 Å². The predicted molar refractivity (Wildman–Crippen MR) is 102 cm³/mol. The summed E-state index contributed by atoms with van der Waals surface area (Å²) in [6.07, 6.45) is -0.402. The number of hydrogen-bond donors (Lipinski definition) is 2. The van der Waals surface area contributed by atoms with Gasteiger partial charge in [0, 0.05) is 37.2 Å². The summed E-state index contributed by atoms with van der Waals surface area (Å²) >= 11 is 0. The van der Waals surface area contributed by atoms with Gasteiger partial charge in [0.15, 0.2) is 0 Å². The van der Waals surface area contributed by atoms with Gasteiger partial charge in [-0.25, -0.2) is 4.79 Å². The van der Waals surface area contributed by atoms with E-state index in [0.29, 0.717) is 6.54 Å². The molecule has 0 fully saturated rings. The van der Waals surface area contributed by atoms with Crippen LogP contribution in [-0.4, -0.2) is 16.3 Å². The van der Waals surface area contributed by atoms with Crippen LogP contribution in [-0.2, 0) is 24.9 Å². The number of ether oxygens (including phenoxy) is 1. The van der Waals surface area contributed by atoms with Gasteiger partial charge >= 0.3 is 6.09 Å². The molecule has 2 N–H and O–H groups in total. The monoisotopic (exact) mass is 343 g/mol. The number of carbonyl (C=O) groups is 1. The number of carbonyl (C=O) groups excluding carboxylic acids is 1. The lowest BCUT2D eigenvalue weighted by atomic mass is 10.2. The average molecular weight is 343 g/mol. The van der Waals surface area contributed by atoms with E-state index >= 15 is 0 Å². The van der Waals surface area contributed by atoms with E-state index in [1.807, 2.05) is 45.0 Å². The van der Waals surface area contributed by atoms with Gasteiger partial charge in [-0.3, -0.25) is 0 Å². The number of amides is 1. The van der Waals surface area contributed by atoms with Crippen molar-refractivity contribution in [1.82, 2.24) is 9.88 Å². The quantitative estimate of drug-likeness (QED) is 0.852. The number of anilines is 1. The Kier molecular flexibility index (Phi) is 5.77. The van der Waals surface area contributed by atoms with Gasteiger partial charge in [-0.15, -0.1) is 0 Å². The van der Waals surface area contributed by atoms with E-state index in [-0.39, 0.29) is 0 Å². The van der Waals surface area contributed by atoms with Crippen molar-refractivity contribution in [1.29, 1.82) is 0 Å². The molecule has 1 aromatic heterocycles. The molecule has 1 amide bonds. The van der Waals surface area contributed by atoms with Crippen molar-refractivity contribution in [3.05, 3.63) is 52.8 Å². The normalized spacial score (nSPS) is 11.3. The molecule has 0 aliphatic rings.